The first-order chi connectivity index (χ1) is 21.2. The summed E-state index contributed by atoms with van der Waals surface area (Å²) in [6.45, 7) is 8.24. The first kappa shape index (κ1) is 31.2. The molecule has 1 aliphatic heterocycles. The maximum atomic E-state index is 14.0. The Labute approximate surface area is 272 Å². The number of hydrogen-bond donors (Lipinski definition) is 0. The molecule has 0 aliphatic carbocycles. The molecule has 0 radical (unpaired) electrons. The Morgan fingerprint density at radius 3 is 2.55 bits per heavy atom. The summed E-state index contributed by atoms with van der Waals surface area (Å²) in [6, 6.07) is 20.4. The van der Waals surface area contributed by atoms with Crippen LogP contribution in [-0.2, 0) is 16.1 Å². The van der Waals surface area contributed by atoms with Crippen LogP contribution in [0.15, 0.2) is 81.7 Å². The lowest BCUT2D eigenvalue weighted by atomic mass is 9.95. The van der Waals surface area contributed by atoms with Gasteiger partial charge in [-0.05, 0) is 85.7 Å². The third-order valence-electron chi connectivity index (χ3n) is 7.05. The zero-order valence-electron chi connectivity index (χ0n) is 24.7. The fraction of sp³-hybridized carbons (Fsp3) is 0.235. The third-order valence-corrected chi connectivity index (χ3v) is 8.83. The van der Waals surface area contributed by atoms with E-state index < -0.39 is 12.0 Å². The molecule has 0 spiro atoms. The van der Waals surface area contributed by atoms with E-state index in [2.05, 4.69) is 33.7 Å². The standard InChI is InChI=1S/C34H30IN3O5S/c1-5-41-27-16-22(15-26(35)31(27)43-19-25-10-8-7-9-24(25)18-36)17-28-32(39)38-30(23-13-11-20(3)12-14-23)29(33(40)42-6-2)21(4)37-34(38)44-28/h7-17,30H,5-6,19H2,1-4H3/b28-17+/t30-/m0/s1. The van der Waals surface area contributed by atoms with E-state index in [1.807, 2.05) is 68.4 Å². The van der Waals surface area contributed by atoms with Gasteiger partial charge in [-0.2, -0.15) is 5.26 Å². The third kappa shape index (κ3) is 6.34. The summed E-state index contributed by atoms with van der Waals surface area (Å²) >= 11 is 3.45. The number of aromatic nitrogens is 1. The molecule has 44 heavy (non-hydrogen) atoms. The lowest BCUT2D eigenvalue weighted by molar-refractivity contribution is -0.139. The Morgan fingerprint density at radius 1 is 1.09 bits per heavy atom. The van der Waals surface area contributed by atoms with Crippen molar-refractivity contribution in [2.24, 2.45) is 4.99 Å². The van der Waals surface area contributed by atoms with E-state index in [9.17, 15) is 14.9 Å². The van der Waals surface area contributed by atoms with E-state index >= 15 is 0 Å². The molecule has 0 N–H and O–H groups in total. The van der Waals surface area contributed by atoms with Gasteiger partial charge in [-0.25, -0.2) is 9.79 Å². The fourth-order valence-electron chi connectivity index (χ4n) is 4.99. The minimum Gasteiger partial charge on any atom is -0.490 e. The zero-order chi connectivity index (χ0) is 31.4. The molecule has 8 nitrogen and oxygen atoms in total. The quantitative estimate of drug-likeness (QED) is 0.166. The Balaban J connectivity index is 1.58. The zero-order valence-corrected chi connectivity index (χ0v) is 27.7. The first-order valence-corrected chi connectivity index (χ1v) is 16.0. The summed E-state index contributed by atoms with van der Waals surface area (Å²) in [7, 11) is 0. The molecule has 5 rings (SSSR count). The topological polar surface area (TPSA) is 103 Å². The van der Waals surface area contributed by atoms with E-state index in [1.54, 1.807) is 30.6 Å². The van der Waals surface area contributed by atoms with Gasteiger partial charge in [0.25, 0.3) is 5.56 Å². The maximum Gasteiger partial charge on any atom is 0.338 e. The van der Waals surface area contributed by atoms with Crippen LogP contribution in [0.4, 0.5) is 0 Å². The number of benzene rings is 3. The van der Waals surface area contributed by atoms with Gasteiger partial charge < -0.3 is 14.2 Å². The Hall–Kier alpha value is -4.21. The van der Waals surface area contributed by atoms with Crippen LogP contribution in [0.2, 0.25) is 0 Å². The van der Waals surface area contributed by atoms with Gasteiger partial charge in [-0.3, -0.25) is 9.36 Å². The number of fused-ring (bicyclic) bond motifs is 1. The van der Waals surface area contributed by atoms with Crippen LogP contribution in [0.1, 0.15) is 54.6 Å². The van der Waals surface area contributed by atoms with Crippen molar-refractivity contribution in [3.05, 3.63) is 123 Å². The van der Waals surface area contributed by atoms with Gasteiger partial charge in [0.2, 0.25) is 0 Å². The number of rotatable bonds is 9. The van der Waals surface area contributed by atoms with Gasteiger partial charge in [0.05, 0.1) is 50.3 Å². The molecule has 2 heterocycles. The van der Waals surface area contributed by atoms with Gasteiger partial charge in [-0.15, -0.1) is 0 Å². The van der Waals surface area contributed by atoms with Gasteiger partial charge >= 0.3 is 5.97 Å². The number of ether oxygens (including phenoxy) is 3. The average molecular weight is 720 g/mol. The largest absolute Gasteiger partial charge is 0.490 e. The number of carbonyl (C=O) groups excluding carboxylic acids is 1. The highest BCUT2D eigenvalue weighted by Crippen LogP contribution is 2.35. The van der Waals surface area contributed by atoms with Crippen LogP contribution in [0.25, 0.3) is 6.08 Å². The first-order valence-electron chi connectivity index (χ1n) is 14.1. The number of nitrogens with zero attached hydrogens (tertiary/aromatic N) is 3. The van der Waals surface area contributed by atoms with E-state index in [4.69, 9.17) is 14.2 Å². The van der Waals surface area contributed by atoms with Gasteiger partial charge in [0.15, 0.2) is 16.3 Å². The van der Waals surface area contributed by atoms with E-state index in [1.165, 1.54) is 11.3 Å². The SMILES string of the molecule is CCOC(=O)C1=C(C)N=c2s/c(=C/c3cc(I)c(OCc4ccccc4C#N)c(OCC)c3)c(=O)n2[C@H]1c1ccc(C)cc1. The minimum atomic E-state index is -0.667. The van der Waals surface area contributed by atoms with Crippen molar-refractivity contribution in [3.8, 4) is 17.6 Å². The Bertz CT molecular complexity index is 1990. The molecule has 3 aromatic carbocycles. The molecule has 10 heteroatoms. The predicted molar refractivity (Wildman–Crippen MR) is 177 cm³/mol. The summed E-state index contributed by atoms with van der Waals surface area (Å²) in [5.74, 6) is 0.608. The number of aryl methyl sites for hydroxylation is 1. The van der Waals surface area contributed by atoms with Crippen molar-refractivity contribution >= 4 is 46.0 Å². The smallest absolute Gasteiger partial charge is 0.338 e. The monoisotopic (exact) mass is 719 g/mol. The number of allylic oxidation sites excluding steroid dienone is 1. The molecule has 4 aromatic rings. The predicted octanol–water partition coefficient (Wildman–Crippen LogP) is 5.56. The summed E-state index contributed by atoms with van der Waals surface area (Å²) in [4.78, 5) is 32.3. The van der Waals surface area contributed by atoms with Crippen molar-refractivity contribution in [2.45, 2.75) is 40.3 Å². The second-order valence-corrected chi connectivity index (χ2v) is 12.2. The molecule has 0 fully saturated rings. The molecule has 1 aromatic heterocycles. The average Bonchev–Trinajstić information content (AvgIpc) is 3.30. The van der Waals surface area contributed by atoms with Crippen molar-refractivity contribution in [2.75, 3.05) is 13.2 Å². The number of thiazole rings is 1. The van der Waals surface area contributed by atoms with Crippen LogP contribution in [0.5, 0.6) is 11.5 Å². The molecular formula is C34H30IN3O5S. The fourth-order valence-corrected chi connectivity index (χ4v) is 6.81. The lowest BCUT2D eigenvalue weighted by Gasteiger charge is -2.24. The summed E-state index contributed by atoms with van der Waals surface area (Å²) in [5.41, 5.74) is 4.57. The molecule has 224 valence electrons. The Morgan fingerprint density at radius 2 is 1.84 bits per heavy atom. The number of carbonyl (C=O) groups is 1. The second-order valence-electron chi connectivity index (χ2n) is 10.0. The molecule has 1 atom stereocenters. The van der Waals surface area contributed by atoms with E-state index in [0.29, 0.717) is 44.3 Å². The molecule has 1 aliphatic rings. The molecular weight excluding hydrogens is 689 g/mol. The van der Waals surface area contributed by atoms with Gasteiger partial charge in [0, 0.05) is 5.56 Å². The number of nitriles is 1. The van der Waals surface area contributed by atoms with Crippen LogP contribution in [-0.4, -0.2) is 23.8 Å². The maximum absolute atomic E-state index is 14.0. The van der Waals surface area contributed by atoms with Crippen LogP contribution in [0, 0.1) is 21.8 Å². The molecule has 0 saturated heterocycles. The summed E-state index contributed by atoms with van der Waals surface area (Å²) in [5, 5.41) is 9.45. The highest BCUT2D eigenvalue weighted by atomic mass is 127. The highest BCUT2D eigenvalue weighted by molar-refractivity contribution is 14.1. The van der Waals surface area contributed by atoms with Crippen LogP contribution >= 0.6 is 33.9 Å². The van der Waals surface area contributed by atoms with E-state index in [0.717, 1.165) is 25.8 Å². The number of halogens is 1. The normalized spacial score (nSPS) is 14.5. The highest BCUT2D eigenvalue weighted by Gasteiger charge is 2.33. The lowest BCUT2D eigenvalue weighted by Crippen LogP contribution is -2.39. The molecule has 0 amide bonds. The van der Waals surface area contributed by atoms with Crippen LogP contribution in [0.3, 0.4) is 0 Å². The number of hydrogen-bond acceptors (Lipinski definition) is 8. The Kier molecular flexibility index (Phi) is 9.66. The summed E-state index contributed by atoms with van der Waals surface area (Å²) < 4.78 is 20.3. The van der Waals surface area contributed by atoms with Crippen LogP contribution < -0.4 is 24.4 Å². The van der Waals surface area contributed by atoms with Crippen molar-refractivity contribution in [1.82, 2.24) is 4.57 Å². The van der Waals surface area contributed by atoms with Crippen molar-refractivity contribution < 1.29 is 19.0 Å². The van der Waals surface area contributed by atoms with Crippen molar-refractivity contribution in [3.63, 3.8) is 0 Å². The molecule has 0 saturated carbocycles. The van der Waals surface area contributed by atoms with E-state index in [-0.39, 0.29) is 18.8 Å². The molecule has 0 unspecified atom stereocenters. The van der Waals surface area contributed by atoms with Gasteiger partial charge in [-0.1, -0.05) is 59.4 Å². The minimum absolute atomic E-state index is 0.207. The number of esters is 1. The van der Waals surface area contributed by atoms with Gasteiger partial charge in [0.1, 0.15) is 6.61 Å². The second kappa shape index (κ2) is 13.6. The summed E-state index contributed by atoms with van der Waals surface area (Å²) in [6.07, 6.45) is 1.80. The van der Waals surface area contributed by atoms with Crippen molar-refractivity contribution in [1.29, 1.82) is 5.26 Å². The molecule has 0 bridgehead atoms.